The normalized spacial score (nSPS) is 16.7. The van der Waals surface area contributed by atoms with Gasteiger partial charge in [0, 0.05) is 16.8 Å². The molecule has 0 radical (unpaired) electrons. The van der Waals surface area contributed by atoms with Crippen LogP contribution < -0.4 is 19.5 Å². The topological polar surface area (TPSA) is 78.4 Å². The van der Waals surface area contributed by atoms with Crippen LogP contribution in [0.3, 0.4) is 0 Å². The molecule has 1 aromatic heterocycles. The van der Waals surface area contributed by atoms with Gasteiger partial charge in [0.2, 0.25) is 17.8 Å². The van der Waals surface area contributed by atoms with Crippen LogP contribution in [-0.4, -0.2) is 28.2 Å². The van der Waals surface area contributed by atoms with Crippen molar-refractivity contribution in [1.29, 1.82) is 0 Å². The first-order valence-electron chi connectivity index (χ1n) is 8.02. The zero-order valence-electron chi connectivity index (χ0n) is 13.8. The average Bonchev–Trinajstić information content (AvgIpc) is 3.09. The van der Waals surface area contributed by atoms with Crippen molar-refractivity contribution >= 4 is 17.4 Å². The quantitative estimate of drug-likeness (QED) is 0.691. The van der Waals surface area contributed by atoms with E-state index in [0.717, 1.165) is 22.6 Å². The molecule has 0 aliphatic carbocycles. The Hall–Kier alpha value is -3.00. The number of hydrogen-bond acceptors (Lipinski definition) is 8. The number of hydrogen-bond donors (Lipinski definition) is 1. The molecule has 5 rings (SSSR count). The maximum Gasteiger partial charge on any atom is 0.247 e. The molecule has 0 unspecified atom stereocenters. The lowest BCUT2D eigenvalue weighted by Crippen LogP contribution is -2.17. The van der Waals surface area contributed by atoms with Crippen LogP contribution in [0.5, 0.6) is 17.4 Å². The number of fused-ring (bicyclic) bond motifs is 4. The zero-order chi connectivity index (χ0) is 17.5. The first-order chi connectivity index (χ1) is 12.8. The molecule has 1 atom stereocenters. The highest BCUT2D eigenvalue weighted by atomic mass is 32.2. The van der Waals surface area contributed by atoms with Gasteiger partial charge in [-0.15, -0.1) is 10.2 Å². The Morgan fingerprint density at radius 2 is 1.96 bits per heavy atom. The maximum atomic E-state index is 6.19. The van der Waals surface area contributed by atoms with E-state index >= 15 is 0 Å². The smallest absolute Gasteiger partial charge is 0.247 e. The number of anilines is 1. The molecule has 0 saturated heterocycles. The van der Waals surface area contributed by atoms with Crippen molar-refractivity contribution in [1.82, 2.24) is 15.2 Å². The number of benzene rings is 2. The minimum Gasteiger partial charge on any atom is -0.454 e. The first kappa shape index (κ1) is 15.3. The summed E-state index contributed by atoms with van der Waals surface area (Å²) in [6.45, 7) is 0.234. The molecule has 26 heavy (non-hydrogen) atoms. The summed E-state index contributed by atoms with van der Waals surface area (Å²) in [6.07, 6.45) is 1.46. The summed E-state index contributed by atoms with van der Waals surface area (Å²) in [4.78, 5) is 4.51. The van der Waals surface area contributed by atoms with Gasteiger partial charge in [-0.25, -0.2) is 0 Å². The average molecular weight is 366 g/mol. The van der Waals surface area contributed by atoms with Crippen LogP contribution >= 0.6 is 11.8 Å². The number of rotatable bonds is 2. The van der Waals surface area contributed by atoms with Crippen molar-refractivity contribution in [3.63, 3.8) is 0 Å². The molecule has 1 N–H and O–H groups in total. The van der Waals surface area contributed by atoms with E-state index in [2.05, 4.69) is 20.5 Å². The van der Waals surface area contributed by atoms with Crippen LogP contribution in [0.25, 0.3) is 11.3 Å². The molecule has 3 heterocycles. The fourth-order valence-corrected chi connectivity index (χ4v) is 3.26. The van der Waals surface area contributed by atoms with E-state index in [0.29, 0.717) is 22.5 Å². The third-order valence-electron chi connectivity index (χ3n) is 4.22. The van der Waals surface area contributed by atoms with Crippen molar-refractivity contribution in [2.45, 2.75) is 11.4 Å². The third-order valence-corrected chi connectivity index (χ3v) is 4.75. The molecule has 2 aliphatic heterocycles. The maximum absolute atomic E-state index is 6.19. The molecule has 2 aromatic carbocycles. The third kappa shape index (κ3) is 2.50. The standard InChI is InChI=1S/C18H14N4O3S/c1-26-18-20-17-15(21-22-18)11-4-2-3-5-12(11)19-16(25-17)10-6-7-13-14(8-10)24-9-23-13/h2-8,16,19H,9H2,1H3/t16-/m1/s1. The number of ether oxygens (including phenoxy) is 3. The van der Waals surface area contributed by atoms with E-state index in [-0.39, 0.29) is 6.79 Å². The van der Waals surface area contributed by atoms with Crippen molar-refractivity contribution in [3.05, 3.63) is 48.0 Å². The number of thioether (sulfide) groups is 1. The SMILES string of the molecule is CSc1nnc2c(n1)O[C@H](c1ccc3c(c1)OCO3)Nc1ccccc1-2. The van der Waals surface area contributed by atoms with E-state index in [4.69, 9.17) is 14.2 Å². The van der Waals surface area contributed by atoms with Gasteiger partial charge in [-0.1, -0.05) is 30.0 Å². The molecule has 0 bridgehead atoms. The molecule has 0 saturated carbocycles. The van der Waals surface area contributed by atoms with Gasteiger partial charge in [-0.3, -0.25) is 0 Å². The Balaban J connectivity index is 1.63. The molecule has 130 valence electrons. The summed E-state index contributed by atoms with van der Waals surface area (Å²) in [5, 5.41) is 12.5. The van der Waals surface area contributed by atoms with Crippen molar-refractivity contribution in [3.8, 4) is 28.6 Å². The molecule has 0 fully saturated rings. The van der Waals surface area contributed by atoms with Crippen LogP contribution in [0.4, 0.5) is 5.69 Å². The molecule has 7 nitrogen and oxygen atoms in total. The summed E-state index contributed by atoms with van der Waals surface area (Å²) in [5.41, 5.74) is 3.33. The second-order valence-electron chi connectivity index (χ2n) is 5.75. The Bertz CT molecular complexity index is 998. The van der Waals surface area contributed by atoms with E-state index < -0.39 is 6.23 Å². The lowest BCUT2D eigenvalue weighted by atomic mass is 10.1. The summed E-state index contributed by atoms with van der Waals surface area (Å²) in [7, 11) is 0. The predicted octanol–water partition coefficient (Wildman–Crippen LogP) is 3.49. The number of nitrogens with one attached hydrogen (secondary N) is 1. The molecule has 0 spiro atoms. The van der Waals surface area contributed by atoms with E-state index in [9.17, 15) is 0 Å². The Labute approximate surface area is 153 Å². The van der Waals surface area contributed by atoms with E-state index in [1.165, 1.54) is 11.8 Å². The second kappa shape index (κ2) is 6.06. The number of para-hydroxylation sites is 1. The fourth-order valence-electron chi connectivity index (χ4n) is 2.96. The first-order valence-corrected chi connectivity index (χ1v) is 9.25. The van der Waals surface area contributed by atoms with Crippen molar-refractivity contribution in [2.75, 3.05) is 18.4 Å². The number of nitrogens with zero attached hydrogens (tertiary/aromatic N) is 3. The second-order valence-corrected chi connectivity index (χ2v) is 6.53. The Morgan fingerprint density at radius 1 is 1.08 bits per heavy atom. The van der Waals surface area contributed by atoms with E-state index in [1.807, 2.05) is 48.7 Å². The molecule has 8 heteroatoms. The summed E-state index contributed by atoms with van der Waals surface area (Å²) in [6, 6.07) is 13.6. The van der Waals surface area contributed by atoms with Gasteiger partial charge in [0.15, 0.2) is 23.4 Å². The summed E-state index contributed by atoms with van der Waals surface area (Å²) in [5.74, 6) is 1.89. The van der Waals surface area contributed by atoms with Gasteiger partial charge in [0.05, 0.1) is 0 Å². The van der Waals surface area contributed by atoms with Crippen LogP contribution in [0.15, 0.2) is 47.6 Å². The molecule has 2 aliphatic rings. The van der Waals surface area contributed by atoms with Crippen molar-refractivity contribution < 1.29 is 14.2 Å². The molecular formula is C18H14N4O3S. The summed E-state index contributed by atoms with van der Waals surface area (Å²) >= 11 is 1.42. The van der Waals surface area contributed by atoms with Gasteiger partial charge in [0.25, 0.3) is 0 Å². The van der Waals surface area contributed by atoms with E-state index in [1.54, 1.807) is 0 Å². The van der Waals surface area contributed by atoms with Gasteiger partial charge in [-0.2, -0.15) is 4.98 Å². The van der Waals surface area contributed by atoms with Crippen LogP contribution in [0.2, 0.25) is 0 Å². The highest BCUT2D eigenvalue weighted by Crippen LogP contribution is 2.41. The fraction of sp³-hybridized carbons (Fsp3) is 0.167. The van der Waals surface area contributed by atoms with Crippen molar-refractivity contribution in [2.24, 2.45) is 0 Å². The van der Waals surface area contributed by atoms with Crippen LogP contribution in [-0.2, 0) is 0 Å². The minimum absolute atomic E-state index is 0.234. The monoisotopic (exact) mass is 366 g/mol. The van der Waals surface area contributed by atoms with Crippen LogP contribution in [0.1, 0.15) is 11.8 Å². The van der Waals surface area contributed by atoms with Gasteiger partial charge < -0.3 is 19.5 Å². The minimum atomic E-state index is -0.446. The Morgan fingerprint density at radius 3 is 2.88 bits per heavy atom. The van der Waals surface area contributed by atoms with Gasteiger partial charge in [0.1, 0.15) is 0 Å². The predicted molar refractivity (Wildman–Crippen MR) is 96.6 cm³/mol. The molecule has 0 amide bonds. The molecular weight excluding hydrogens is 352 g/mol. The van der Waals surface area contributed by atoms with Gasteiger partial charge >= 0.3 is 0 Å². The molecule has 3 aromatic rings. The Kier molecular flexibility index (Phi) is 3.56. The lowest BCUT2D eigenvalue weighted by molar-refractivity contribution is 0.173. The summed E-state index contributed by atoms with van der Waals surface area (Å²) < 4.78 is 17.1. The highest BCUT2D eigenvalue weighted by Gasteiger charge is 2.27. The van der Waals surface area contributed by atoms with Gasteiger partial charge in [-0.05, 0) is 30.5 Å². The zero-order valence-corrected chi connectivity index (χ0v) is 14.6. The van der Waals surface area contributed by atoms with Crippen LogP contribution in [0, 0.1) is 0 Å². The lowest BCUT2D eigenvalue weighted by Gasteiger charge is -2.19. The largest absolute Gasteiger partial charge is 0.454 e. The highest BCUT2D eigenvalue weighted by molar-refractivity contribution is 7.98. The number of aromatic nitrogens is 3.